The van der Waals surface area contributed by atoms with Gasteiger partial charge in [-0.25, -0.2) is 4.98 Å². The Kier molecular flexibility index (Phi) is 2.30. The van der Waals surface area contributed by atoms with Crippen LogP contribution in [0.4, 0.5) is 5.69 Å². The van der Waals surface area contributed by atoms with E-state index < -0.39 is 16.5 Å². The Bertz CT molecular complexity index is 1000. The first-order chi connectivity index (χ1) is 10.6. The molecule has 7 nitrogen and oxygen atoms in total. The number of aromatic nitrogens is 2. The number of hydrogen-bond donors (Lipinski definition) is 0. The largest absolute Gasteiger partial charge is 0.296 e. The van der Waals surface area contributed by atoms with E-state index in [1.807, 2.05) is 0 Å². The topological polar surface area (TPSA) is 94.6 Å². The predicted molar refractivity (Wildman–Crippen MR) is 75.2 cm³/mol. The molecule has 7 heteroatoms. The van der Waals surface area contributed by atoms with E-state index in [1.54, 1.807) is 24.4 Å². The molecule has 1 aromatic carbocycles. The van der Waals surface area contributed by atoms with Crippen molar-refractivity contribution >= 4 is 22.9 Å². The van der Waals surface area contributed by atoms with Crippen LogP contribution >= 0.6 is 0 Å². The molecule has 0 aliphatic heterocycles. The van der Waals surface area contributed by atoms with Crippen LogP contribution in [0, 0.1) is 10.1 Å². The van der Waals surface area contributed by atoms with Crippen molar-refractivity contribution in [1.29, 1.82) is 0 Å². The summed E-state index contributed by atoms with van der Waals surface area (Å²) >= 11 is 0. The Morgan fingerprint density at radius 2 is 1.86 bits per heavy atom. The van der Waals surface area contributed by atoms with Gasteiger partial charge in [0.05, 0.1) is 4.92 Å². The van der Waals surface area contributed by atoms with Crippen LogP contribution in [0.2, 0.25) is 0 Å². The van der Waals surface area contributed by atoms with Gasteiger partial charge in [0, 0.05) is 17.8 Å². The minimum Gasteiger partial charge on any atom is -0.296 e. The fourth-order valence-electron chi connectivity index (χ4n) is 2.74. The fraction of sp³-hybridized carbons (Fsp3) is 0. The highest BCUT2D eigenvalue weighted by Crippen LogP contribution is 2.33. The molecule has 22 heavy (non-hydrogen) atoms. The summed E-state index contributed by atoms with van der Waals surface area (Å²) in [5.74, 6) is -1.03. The third-order valence-electron chi connectivity index (χ3n) is 3.67. The first-order valence-electron chi connectivity index (χ1n) is 6.43. The Labute approximate surface area is 123 Å². The summed E-state index contributed by atoms with van der Waals surface area (Å²) in [5.41, 5.74) is 0.0365. The van der Waals surface area contributed by atoms with E-state index in [0.717, 1.165) is 0 Å². The second-order valence-corrected chi connectivity index (χ2v) is 4.85. The second kappa shape index (κ2) is 4.08. The molecule has 1 aliphatic carbocycles. The highest BCUT2D eigenvalue weighted by molar-refractivity contribution is 6.28. The molecule has 1 aliphatic rings. The molecule has 0 amide bonds. The third-order valence-corrected chi connectivity index (χ3v) is 3.67. The van der Waals surface area contributed by atoms with Gasteiger partial charge in [0.2, 0.25) is 11.6 Å². The molecule has 0 unspecified atom stereocenters. The summed E-state index contributed by atoms with van der Waals surface area (Å²) in [6, 6.07) is 9.12. The minimum absolute atomic E-state index is 0.0232. The van der Waals surface area contributed by atoms with Crippen LogP contribution in [0.5, 0.6) is 0 Å². The number of hydrogen-bond acceptors (Lipinski definition) is 5. The van der Waals surface area contributed by atoms with Gasteiger partial charge in [0.25, 0.3) is 5.69 Å². The lowest BCUT2D eigenvalue weighted by Crippen LogP contribution is -2.23. The summed E-state index contributed by atoms with van der Waals surface area (Å²) in [6.07, 6.45) is 1.60. The Hall–Kier alpha value is -3.35. The zero-order valence-electron chi connectivity index (χ0n) is 11.0. The fourth-order valence-corrected chi connectivity index (χ4v) is 2.74. The van der Waals surface area contributed by atoms with Gasteiger partial charge in [-0.05, 0) is 18.2 Å². The van der Waals surface area contributed by atoms with E-state index in [0.29, 0.717) is 5.65 Å². The molecule has 0 radical (unpaired) electrons. The highest BCUT2D eigenvalue weighted by atomic mass is 16.6. The van der Waals surface area contributed by atoms with Crippen LogP contribution in [-0.2, 0) is 0 Å². The second-order valence-electron chi connectivity index (χ2n) is 4.85. The first-order valence-corrected chi connectivity index (χ1v) is 6.43. The molecule has 2 heterocycles. The number of rotatable bonds is 1. The summed E-state index contributed by atoms with van der Waals surface area (Å²) in [6.45, 7) is 0. The molecule has 0 fully saturated rings. The summed E-state index contributed by atoms with van der Waals surface area (Å²) in [7, 11) is 0. The van der Waals surface area contributed by atoms with Crippen LogP contribution in [-0.4, -0.2) is 25.9 Å². The van der Waals surface area contributed by atoms with Gasteiger partial charge < -0.3 is 0 Å². The molecule has 0 bridgehead atoms. The van der Waals surface area contributed by atoms with Gasteiger partial charge in [-0.15, -0.1) is 0 Å². The molecule has 3 aromatic rings. The molecule has 0 saturated heterocycles. The smallest absolute Gasteiger partial charge is 0.281 e. The van der Waals surface area contributed by atoms with Crippen molar-refractivity contribution in [2.45, 2.75) is 0 Å². The summed E-state index contributed by atoms with van der Waals surface area (Å²) in [4.78, 5) is 40.0. The normalized spacial score (nSPS) is 13.1. The van der Waals surface area contributed by atoms with Crippen molar-refractivity contribution in [3.8, 4) is 0 Å². The van der Waals surface area contributed by atoms with Gasteiger partial charge in [-0.3, -0.25) is 24.1 Å². The quantitative estimate of drug-likeness (QED) is 0.395. The number of benzene rings is 1. The number of nitro groups is 1. The SMILES string of the molecule is O=C1c2cccc([N+](=O)[O-])c2C(=O)c2c1nc1ccccn21. The molecule has 0 spiro atoms. The average Bonchev–Trinajstić information content (AvgIpc) is 2.91. The molecule has 0 saturated carbocycles. The number of carbonyl (C=O) groups is 2. The molecular weight excluding hydrogens is 286 g/mol. The van der Waals surface area contributed by atoms with Gasteiger partial charge in [0.1, 0.15) is 22.6 Å². The van der Waals surface area contributed by atoms with Crippen LogP contribution in [0.15, 0.2) is 42.6 Å². The maximum atomic E-state index is 12.7. The zero-order valence-corrected chi connectivity index (χ0v) is 11.0. The molecule has 106 valence electrons. The van der Waals surface area contributed by atoms with Gasteiger partial charge in [0.15, 0.2) is 0 Å². The molecule has 0 N–H and O–H groups in total. The number of nitro benzene ring substituents is 1. The Balaban J connectivity index is 2.11. The van der Waals surface area contributed by atoms with Crippen LogP contribution in [0.25, 0.3) is 5.65 Å². The van der Waals surface area contributed by atoms with Crippen LogP contribution in [0.3, 0.4) is 0 Å². The molecule has 4 rings (SSSR count). The predicted octanol–water partition coefficient (Wildman–Crippen LogP) is 2.02. The van der Waals surface area contributed by atoms with Crippen molar-refractivity contribution in [3.63, 3.8) is 0 Å². The van der Waals surface area contributed by atoms with E-state index in [-0.39, 0.29) is 28.2 Å². The number of nitrogens with zero attached hydrogens (tertiary/aromatic N) is 3. The number of pyridine rings is 1. The third kappa shape index (κ3) is 1.42. The van der Waals surface area contributed by atoms with Crippen molar-refractivity contribution in [3.05, 3.63) is 75.2 Å². The number of imidazole rings is 1. The highest BCUT2D eigenvalue weighted by Gasteiger charge is 2.38. The van der Waals surface area contributed by atoms with E-state index in [1.165, 1.54) is 22.6 Å². The van der Waals surface area contributed by atoms with E-state index in [2.05, 4.69) is 4.98 Å². The number of ketones is 2. The maximum absolute atomic E-state index is 12.7. The zero-order chi connectivity index (χ0) is 15.4. The van der Waals surface area contributed by atoms with Crippen LogP contribution < -0.4 is 0 Å². The lowest BCUT2D eigenvalue weighted by Gasteiger charge is -2.13. The monoisotopic (exact) mass is 293 g/mol. The molecule has 2 aromatic heterocycles. The number of fused-ring (bicyclic) bond motifs is 4. The lowest BCUT2D eigenvalue weighted by atomic mass is 9.89. The standard InChI is InChI=1S/C15H7N3O4/c19-14-8-4-3-5-9(18(21)22)11(8)15(20)13-12(14)16-10-6-1-2-7-17(10)13/h1-7H. The van der Waals surface area contributed by atoms with Crippen molar-refractivity contribution < 1.29 is 14.5 Å². The first kappa shape index (κ1) is 12.4. The van der Waals surface area contributed by atoms with Crippen LogP contribution in [0.1, 0.15) is 32.1 Å². The van der Waals surface area contributed by atoms with Crippen molar-refractivity contribution in [1.82, 2.24) is 9.38 Å². The summed E-state index contributed by atoms with van der Waals surface area (Å²) < 4.78 is 1.48. The molecular formula is C15H7N3O4. The van der Waals surface area contributed by atoms with Gasteiger partial charge in [-0.1, -0.05) is 12.1 Å². The van der Waals surface area contributed by atoms with E-state index in [9.17, 15) is 19.7 Å². The lowest BCUT2D eigenvalue weighted by molar-refractivity contribution is -0.385. The Morgan fingerprint density at radius 1 is 1.05 bits per heavy atom. The van der Waals surface area contributed by atoms with Gasteiger partial charge >= 0.3 is 0 Å². The summed E-state index contributed by atoms with van der Waals surface area (Å²) in [5, 5.41) is 11.2. The number of carbonyl (C=O) groups excluding carboxylic acids is 2. The Morgan fingerprint density at radius 3 is 2.64 bits per heavy atom. The van der Waals surface area contributed by atoms with E-state index in [4.69, 9.17) is 0 Å². The molecule has 0 atom stereocenters. The van der Waals surface area contributed by atoms with Gasteiger partial charge in [-0.2, -0.15) is 0 Å². The van der Waals surface area contributed by atoms with Crippen molar-refractivity contribution in [2.75, 3.05) is 0 Å². The maximum Gasteiger partial charge on any atom is 0.281 e. The van der Waals surface area contributed by atoms with E-state index >= 15 is 0 Å². The van der Waals surface area contributed by atoms with Crippen molar-refractivity contribution in [2.24, 2.45) is 0 Å². The average molecular weight is 293 g/mol. The minimum atomic E-state index is -0.655.